The molecule has 1 N–H and O–H groups in total. The second-order valence-electron chi connectivity index (χ2n) is 11.3. The van der Waals surface area contributed by atoms with Gasteiger partial charge in [-0.25, -0.2) is 4.79 Å². The molecular formula is C25H58O10Si5. The van der Waals surface area contributed by atoms with Crippen LogP contribution in [-0.2, 0) is 40.2 Å². The van der Waals surface area contributed by atoms with Crippen LogP contribution in [0.2, 0.25) is 64.5 Å². The van der Waals surface area contributed by atoms with Crippen molar-refractivity contribution in [3.8, 4) is 0 Å². The highest BCUT2D eigenvalue weighted by Gasteiger charge is 2.47. The van der Waals surface area contributed by atoms with Gasteiger partial charge >= 0.3 is 31.7 Å². The van der Waals surface area contributed by atoms with Crippen LogP contribution in [-0.4, -0.2) is 107 Å². The van der Waals surface area contributed by atoms with E-state index in [-0.39, 0.29) is 19.3 Å². The average molecular weight is 659 g/mol. The summed E-state index contributed by atoms with van der Waals surface area (Å²) in [4.78, 5) is 11.1. The fourth-order valence-electron chi connectivity index (χ4n) is 4.19. The van der Waals surface area contributed by atoms with Crippen LogP contribution in [0.25, 0.3) is 0 Å². The predicted octanol–water partition coefficient (Wildman–Crippen LogP) is 4.19. The van der Waals surface area contributed by atoms with Crippen LogP contribution in [0.1, 0.15) is 26.7 Å². The number of rotatable bonds is 23. The zero-order chi connectivity index (χ0) is 30.9. The molecule has 0 bridgehead atoms. The zero-order valence-electron chi connectivity index (χ0n) is 26.8. The van der Waals surface area contributed by atoms with Gasteiger partial charge in [0, 0.05) is 19.3 Å². The molecule has 238 valence electrons. The first-order chi connectivity index (χ1) is 18.6. The van der Waals surface area contributed by atoms with E-state index in [1.807, 2.05) is 13.8 Å². The molecule has 0 aromatic carbocycles. The zero-order valence-corrected chi connectivity index (χ0v) is 32.3. The number of carbonyl (C=O) groups is 1. The predicted molar refractivity (Wildman–Crippen MR) is 172 cm³/mol. The van der Waals surface area contributed by atoms with Crippen molar-refractivity contribution in [2.45, 2.75) is 103 Å². The lowest BCUT2D eigenvalue weighted by atomic mass is 10.4. The first-order valence-corrected chi connectivity index (χ1v) is 27.9. The van der Waals surface area contributed by atoms with Gasteiger partial charge in [0.05, 0.1) is 19.8 Å². The number of aliphatic hydroxyl groups excluding tert-OH is 1. The molecule has 1 aliphatic rings. The van der Waals surface area contributed by atoms with Crippen molar-refractivity contribution in [1.82, 2.24) is 0 Å². The number of esters is 1. The highest BCUT2D eigenvalue weighted by atomic mass is 28.5. The summed E-state index contributed by atoms with van der Waals surface area (Å²) in [7, 11) is -10.1. The van der Waals surface area contributed by atoms with Crippen molar-refractivity contribution in [2.24, 2.45) is 0 Å². The summed E-state index contributed by atoms with van der Waals surface area (Å²) in [6, 6.07) is 1.56. The molecular weight excluding hydrogens is 601 g/mol. The highest BCUT2D eigenvalue weighted by molar-refractivity contribution is 6.89. The van der Waals surface area contributed by atoms with Gasteiger partial charge in [-0.2, -0.15) is 0 Å². The molecule has 0 aromatic heterocycles. The first-order valence-electron chi connectivity index (χ1n) is 14.6. The Balaban J connectivity index is 0.00000742. The molecule has 4 atom stereocenters. The van der Waals surface area contributed by atoms with Crippen molar-refractivity contribution in [2.75, 3.05) is 39.6 Å². The van der Waals surface area contributed by atoms with Crippen LogP contribution in [0.3, 0.4) is 0 Å². The normalized spacial score (nSPS) is 19.3. The minimum absolute atomic E-state index is 0.0855. The van der Waals surface area contributed by atoms with Crippen LogP contribution in [0.4, 0.5) is 0 Å². The van der Waals surface area contributed by atoms with Gasteiger partial charge < -0.3 is 40.5 Å². The van der Waals surface area contributed by atoms with Crippen LogP contribution in [0, 0.1) is 0 Å². The molecule has 0 radical (unpaired) electrons. The summed E-state index contributed by atoms with van der Waals surface area (Å²) in [6.07, 6.45) is 2.02. The Kier molecular flexibility index (Phi) is 20.0. The molecule has 1 aliphatic heterocycles. The van der Waals surface area contributed by atoms with Gasteiger partial charge in [0.1, 0.15) is 28.6 Å². The third kappa shape index (κ3) is 20.8. The van der Waals surface area contributed by atoms with Crippen LogP contribution < -0.4 is 0 Å². The summed E-state index contributed by atoms with van der Waals surface area (Å²) in [5, 5.41) is 9.93. The van der Waals surface area contributed by atoms with E-state index in [1.165, 1.54) is 0 Å². The number of carbonyl (C=O) groups excluding carboxylic acids is 1. The van der Waals surface area contributed by atoms with Crippen LogP contribution in [0.5, 0.6) is 0 Å². The molecule has 0 spiro atoms. The molecule has 1 fully saturated rings. The lowest BCUT2D eigenvalue weighted by Crippen LogP contribution is -2.58. The lowest BCUT2D eigenvalue weighted by molar-refractivity contribution is -0.141. The second kappa shape index (κ2) is 20.0. The lowest BCUT2D eigenvalue weighted by Gasteiger charge is -2.42. The molecule has 40 heavy (non-hydrogen) atoms. The Hall–Kier alpha value is -0.0256. The number of hydrogen-bond donors (Lipinski definition) is 1. The Morgan fingerprint density at radius 1 is 0.975 bits per heavy atom. The second-order valence-corrected chi connectivity index (χ2v) is 28.1. The molecule has 1 rings (SSSR count). The smallest absolute Gasteiger partial charge is 0.330 e. The van der Waals surface area contributed by atoms with E-state index >= 15 is 0 Å². The van der Waals surface area contributed by atoms with Crippen LogP contribution >= 0.6 is 0 Å². The van der Waals surface area contributed by atoms with Gasteiger partial charge in [0.15, 0.2) is 8.32 Å². The van der Waals surface area contributed by atoms with E-state index in [9.17, 15) is 9.90 Å². The Morgan fingerprint density at radius 3 is 2.08 bits per heavy atom. The molecule has 1 heterocycles. The molecule has 0 aromatic rings. The molecule has 15 heteroatoms. The van der Waals surface area contributed by atoms with E-state index in [4.69, 9.17) is 35.4 Å². The van der Waals surface area contributed by atoms with Gasteiger partial charge in [0.25, 0.3) is 0 Å². The minimum atomic E-state index is -2.66. The molecule has 10 nitrogen and oxygen atoms in total. The van der Waals surface area contributed by atoms with Crippen molar-refractivity contribution in [1.29, 1.82) is 0 Å². The van der Waals surface area contributed by atoms with Gasteiger partial charge in [-0.3, -0.25) is 0 Å². The summed E-state index contributed by atoms with van der Waals surface area (Å²) >= 11 is 0. The fourth-order valence-corrected chi connectivity index (χ4v) is 25.6. The largest absolute Gasteiger partial charge is 0.460 e. The number of aliphatic hydroxyl groups is 1. The fraction of sp³-hybridized carbons (Fsp3) is 0.880. The van der Waals surface area contributed by atoms with Crippen molar-refractivity contribution < 1.29 is 45.3 Å². The molecule has 0 amide bonds. The summed E-state index contributed by atoms with van der Waals surface area (Å²) in [5.74, 6) is -0.566. The summed E-state index contributed by atoms with van der Waals surface area (Å²) < 4.78 is 48.1. The van der Waals surface area contributed by atoms with E-state index < -0.39 is 55.8 Å². The van der Waals surface area contributed by atoms with E-state index in [2.05, 4.69) is 59.0 Å². The molecule has 4 unspecified atom stereocenters. The number of ether oxygens (including phenoxy) is 4. The average Bonchev–Trinajstić information content (AvgIpc) is 3.65. The molecule has 0 aliphatic carbocycles. The first kappa shape index (κ1) is 40.0. The number of hydrogen-bond acceptors (Lipinski definition) is 10. The van der Waals surface area contributed by atoms with Crippen LogP contribution in [0.15, 0.2) is 12.7 Å². The van der Waals surface area contributed by atoms with Crippen molar-refractivity contribution in [3.05, 3.63) is 12.7 Å². The number of epoxide rings is 1. The van der Waals surface area contributed by atoms with E-state index in [0.29, 0.717) is 19.8 Å². The SMILES string of the molecule is C=CC(=O)OCC(O)COCCC[Si](C)(O[SiH2]C)O[Si](C)(CCCOCC1CO1)O[Si](C)(C)O[Si](C)(C)C.CC. The monoisotopic (exact) mass is 658 g/mol. The molecule has 0 saturated carbocycles. The highest BCUT2D eigenvalue weighted by Crippen LogP contribution is 2.30. The van der Waals surface area contributed by atoms with E-state index in [1.54, 1.807) is 0 Å². The Bertz CT molecular complexity index is 708. The van der Waals surface area contributed by atoms with Gasteiger partial charge in [-0.15, -0.1) is 0 Å². The van der Waals surface area contributed by atoms with Crippen molar-refractivity contribution >= 4 is 49.7 Å². The van der Waals surface area contributed by atoms with Gasteiger partial charge in [0.2, 0.25) is 0 Å². The third-order valence-electron chi connectivity index (χ3n) is 5.34. The summed E-state index contributed by atoms with van der Waals surface area (Å²) in [5.41, 5.74) is 0. The van der Waals surface area contributed by atoms with Gasteiger partial charge in [-0.05, 0) is 70.8 Å². The quantitative estimate of drug-likeness (QED) is 0.0564. The standard InChI is InChI=1S/C23H52O10Si5.C2H6/c1-10-23(25)29-18-21(24)17-26-13-11-15-37(8,30-34-2)33-38(9,16-12-14-27-19-22-20-28-22)32-36(6,7)31-35(3,4)5;1-2/h10,21-22,24H,1,11-20,34H2,2-9H3;1-2H3. The minimum Gasteiger partial charge on any atom is -0.460 e. The maximum Gasteiger partial charge on any atom is 0.330 e. The van der Waals surface area contributed by atoms with Gasteiger partial charge in [-0.1, -0.05) is 27.0 Å². The Morgan fingerprint density at radius 2 is 1.55 bits per heavy atom. The summed E-state index contributed by atoms with van der Waals surface area (Å²) in [6.45, 7) is 27.0. The van der Waals surface area contributed by atoms with Crippen molar-refractivity contribution in [3.63, 3.8) is 0 Å². The van der Waals surface area contributed by atoms with E-state index in [0.717, 1.165) is 37.6 Å². The third-order valence-corrected chi connectivity index (χ3v) is 23.0. The topological polar surface area (TPSA) is 114 Å². The Labute approximate surface area is 250 Å². The maximum atomic E-state index is 11.1. The molecule has 1 saturated heterocycles. The maximum absolute atomic E-state index is 11.1.